The standard InChI is InChI=1S/C16H21N/c1-16(2,3)10-7-11-17-15-12-14(15)13-8-5-4-6-9-13/h4-6,8-9,14-15,17H,11-12H2,1-3H3. The predicted molar refractivity (Wildman–Crippen MR) is 72.8 cm³/mol. The molecule has 1 aliphatic carbocycles. The van der Waals surface area contributed by atoms with Crippen LogP contribution < -0.4 is 5.32 Å². The van der Waals surface area contributed by atoms with Gasteiger partial charge in [0.15, 0.2) is 0 Å². The lowest BCUT2D eigenvalue weighted by Gasteiger charge is -2.07. The average molecular weight is 227 g/mol. The van der Waals surface area contributed by atoms with Crippen LogP contribution in [0.5, 0.6) is 0 Å². The SMILES string of the molecule is CC(C)(C)C#CCNC1CC1c1ccccc1. The Morgan fingerprint density at radius 2 is 1.94 bits per heavy atom. The Morgan fingerprint density at radius 1 is 1.24 bits per heavy atom. The van der Waals surface area contributed by atoms with Crippen LogP contribution in [0.1, 0.15) is 38.7 Å². The van der Waals surface area contributed by atoms with Gasteiger partial charge in [0.25, 0.3) is 0 Å². The molecule has 0 aromatic heterocycles. The molecule has 0 radical (unpaired) electrons. The highest BCUT2D eigenvalue weighted by Crippen LogP contribution is 2.40. The van der Waals surface area contributed by atoms with Crippen LogP contribution in [-0.2, 0) is 0 Å². The van der Waals surface area contributed by atoms with Gasteiger partial charge in [0.1, 0.15) is 0 Å². The average Bonchev–Trinajstić information content (AvgIpc) is 3.04. The summed E-state index contributed by atoms with van der Waals surface area (Å²) in [5.41, 5.74) is 1.57. The third-order valence-electron chi connectivity index (χ3n) is 2.93. The minimum atomic E-state index is 0.115. The predicted octanol–water partition coefficient (Wildman–Crippen LogP) is 3.18. The van der Waals surface area contributed by atoms with E-state index in [1.807, 2.05) is 0 Å². The van der Waals surface area contributed by atoms with Crippen LogP contribution >= 0.6 is 0 Å². The maximum absolute atomic E-state index is 3.50. The van der Waals surface area contributed by atoms with E-state index in [4.69, 9.17) is 0 Å². The second-order valence-electron chi connectivity index (χ2n) is 5.79. The van der Waals surface area contributed by atoms with E-state index < -0.39 is 0 Å². The van der Waals surface area contributed by atoms with Crippen molar-refractivity contribution in [1.29, 1.82) is 0 Å². The molecule has 0 bridgehead atoms. The van der Waals surface area contributed by atoms with Crippen LogP contribution in [0.3, 0.4) is 0 Å². The van der Waals surface area contributed by atoms with Crippen molar-refractivity contribution in [2.75, 3.05) is 6.54 Å². The van der Waals surface area contributed by atoms with Crippen molar-refractivity contribution < 1.29 is 0 Å². The molecule has 1 aromatic rings. The Labute approximate surface area is 105 Å². The summed E-state index contributed by atoms with van der Waals surface area (Å²) in [6, 6.07) is 11.4. The Kier molecular flexibility index (Phi) is 3.54. The molecule has 1 fully saturated rings. The molecule has 2 atom stereocenters. The number of rotatable bonds is 3. The largest absolute Gasteiger partial charge is 0.303 e. The van der Waals surface area contributed by atoms with Gasteiger partial charge in [-0.05, 0) is 32.8 Å². The Balaban J connectivity index is 1.76. The van der Waals surface area contributed by atoms with E-state index in [0.29, 0.717) is 12.0 Å². The second kappa shape index (κ2) is 4.94. The van der Waals surface area contributed by atoms with Gasteiger partial charge in [-0.25, -0.2) is 0 Å². The van der Waals surface area contributed by atoms with Crippen molar-refractivity contribution in [3.63, 3.8) is 0 Å². The first kappa shape index (κ1) is 12.2. The lowest BCUT2D eigenvalue weighted by molar-refractivity contribution is 0.569. The number of hydrogen-bond acceptors (Lipinski definition) is 1. The first-order valence-corrected chi connectivity index (χ1v) is 6.34. The van der Waals surface area contributed by atoms with Gasteiger partial charge < -0.3 is 5.32 Å². The minimum Gasteiger partial charge on any atom is -0.303 e. The third-order valence-corrected chi connectivity index (χ3v) is 2.93. The molecule has 1 N–H and O–H groups in total. The summed E-state index contributed by atoms with van der Waals surface area (Å²) in [4.78, 5) is 0. The summed E-state index contributed by atoms with van der Waals surface area (Å²) in [7, 11) is 0. The maximum atomic E-state index is 3.50. The molecule has 1 aliphatic rings. The van der Waals surface area contributed by atoms with Gasteiger partial charge >= 0.3 is 0 Å². The fraction of sp³-hybridized carbons (Fsp3) is 0.500. The van der Waals surface area contributed by atoms with Gasteiger partial charge in [-0.2, -0.15) is 0 Å². The zero-order valence-electron chi connectivity index (χ0n) is 11.0. The molecule has 1 aromatic carbocycles. The summed E-state index contributed by atoms with van der Waals surface area (Å²) in [5, 5.41) is 3.50. The topological polar surface area (TPSA) is 12.0 Å². The lowest BCUT2D eigenvalue weighted by atomic mass is 9.98. The molecule has 0 spiro atoms. The van der Waals surface area contributed by atoms with Crippen molar-refractivity contribution in [3.05, 3.63) is 35.9 Å². The van der Waals surface area contributed by atoms with Crippen LogP contribution in [0.25, 0.3) is 0 Å². The number of hydrogen-bond donors (Lipinski definition) is 1. The Bertz CT molecular complexity index is 416. The quantitative estimate of drug-likeness (QED) is 0.782. The van der Waals surface area contributed by atoms with E-state index in [1.54, 1.807) is 0 Å². The molecular formula is C16H21N. The third kappa shape index (κ3) is 3.91. The molecule has 2 unspecified atom stereocenters. The van der Waals surface area contributed by atoms with Crippen LogP contribution in [0.15, 0.2) is 30.3 Å². The molecule has 17 heavy (non-hydrogen) atoms. The van der Waals surface area contributed by atoms with E-state index in [9.17, 15) is 0 Å². The van der Waals surface area contributed by atoms with Gasteiger partial charge in [0, 0.05) is 17.4 Å². The van der Waals surface area contributed by atoms with Crippen LogP contribution in [0.2, 0.25) is 0 Å². The molecule has 0 saturated heterocycles. The minimum absolute atomic E-state index is 0.115. The fourth-order valence-electron chi connectivity index (χ4n) is 1.98. The van der Waals surface area contributed by atoms with E-state index in [2.05, 4.69) is 68.3 Å². The molecule has 1 nitrogen and oxygen atoms in total. The summed E-state index contributed by atoms with van der Waals surface area (Å²) in [6.07, 6.45) is 1.25. The summed E-state index contributed by atoms with van der Waals surface area (Å²) < 4.78 is 0. The number of benzene rings is 1. The van der Waals surface area contributed by atoms with Gasteiger partial charge in [-0.3, -0.25) is 0 Å². The molecule has 0 amide bonds. The van der Waals surface area contributed by atoms with Gasteiger partial charge in [-0.15, -0.1) is 0 Å². The van der Waals surface area contributed by atoms with Crippen molar-refractivity contribution in [1.82, 2.24) is 5.32 Å². The molecule has 0 aliphatic heterocycles. The normalized spacial score (nSPS) is 22.8. The first-order valence-electron chi connectivity index (χ1n) is 6.34. The van der Waals surface area contributed by atoms with Gasteiger partial charge in [0.2, 0.25) is 0 Å². The first-order chi connectivity index (χ1) is 8.06. The van der Waals surface area contributed by atoms with Crippen molar-refractivity contribution in [2.45, 2.75) is 39.2 Å². The Hall–Kier alpha value is -1.26. The molecule has 2 rings (SSSR count). The molecular weight excluding hydrogens is 206 g/mol. The highest BCUT2D eigenvalue weighted by molar-refractivity contribution is 5.27. The summed E-state index contributed by atoms with van der Waals surface area (Å²) in [6.45, 7) is 7.24. The maximum Gasteiger partial charge on any atom is 0.0579 e. The highest BCUT2D eigenvalue weighted by Gasteiger charge is 2.37. The van der Waals surface area contributed by atoms with Crippen LogP contribution in [-0.4, -0.2) is 12.6 Å². The van der Waals surface area contributed by atoms with E-state index >= 15 is 0 Å². The smallest absolute Gasteiger partial charge is 0.0579 e. The fourth-order valence-corrected chi connectivity index (χ4v) is 1.98. The van der Waals surface area contributed by atoms with Gasteiger partial charge in [-0.1, -0.05) is 42.2 Å². The van der Waals surface area contributed by atoms with Crippen LogP contribution in [0.4, 0.5) is 0 Å². The van der Waals surface area contributed by atoms with Crippen LogP contribution in [0, 0.1) is 17.3 Å². The number of nitrogens with one attached hydrogen (secondary N) is 1. The van der Waals surface area contributed by atoms with Gasteiger partial charge in [0.05, 0.1) is 6.54 Å². The molecule has 1 saturated carbocycles. The zero-order valence-corrected chi connectivity index (χ0v) is 11.0. The molecule has 1 heteroatoms. The monoisotopic (exact) mass is 227 g/mol. The van der Waals surface area contributed by atoms with E-state index in [0.717, 1.165) is 6.54 Å². The zero-order chi connectivity index (χ0) is 12.3. The van der Waals surface area contributed by atoms with Crippen molar-refractivity contribution >= 4 is 0 Å². The van der Waals surface area contributed by atoms with Crippen molar-refractivity contribution in [3.8, 4) is 11.8 Å². The molecule has 90 valence electrons. The summed E-state index contributed by atoms with van der Waals surface area (Å²) in [5.74, 6) is 7.16. The van der Waals surface area contributed by atoms with E-state index in [1.165, 1.54) is 12.0 Å². The second-order valence-corrected chi connectivity index (χ2v) is 5.79. The highest BCUT2D eigenvalue weighted by atomic mass is 15.0. The summed E-state index contributed by atoms with van der Waals surface area (Å²) >= 11 is 0. The lowest BCUT2D eigenvalue weighted by Crippen LogP contribution is -2.18. The molecule has 0 heterocycles. The van der Waals surface area contributed by atoms with Crippen molar-refractivity contribution in [2.24, 2.45) is 5.41 Å². The van der Waals surface area contributed by atoms with E-state index in [-0.39, 0.29) is 5.41 Å². The Morgan fingerprint density at radius 3 is 2.59 bits per heavy atom.